The van der Waals surface area contributed by atoms with Gasteiger partial charge >= 0.3 is 0 Å². The van der Waals surface area contributed by atoms with Crippen LogP contribution in [0.2, 0.25) is 0 Å². The normalized spacial score (nSPS) is 17.8. The zero-order chi connectivity index (χ0) is 17.4. The molecular weight excluding hydrogens is 332 g/mol. The molecule has 2 aromatic heterocycles. The second-order valence-corrected chi connectivity index (χ2v) is 7.65. The van der Waals surface area contributed by atoms with Crippen molar-refractivity contribution in [1.29, 1.82) is 0 Å². The van der Waals surface area contributed by atoms with E-state index in [1.807, 2.05) is 14.9 Å². The summed E-state index contributed by atoms with van der Waals surface area (Å²) >= 11 is 1.52. The molecule has 0 N–H and O–H groups in total. The molecule has 0 saturated carbocycles. The molecule has 0 aliphatic carbocycles. The average Bonchev–Trinajstić information content (AvgIpc) is 3.25. The fraction of sp³-hybridized carbons (Fsp3) is 0.421. The number of imidazole rings is 1. The zero-order valence-electron chi connectivity index (χ0n) is 14.6. The van der Waals surface area contributed by atoms with Crippen LogP contribution in [-0.4, -0.2) is 31.9 Å². The van der Waals surface area contributed by atoms with E-state index in [1.54, 1.807) is 0 Å². The number of hydrogen-bond acceptors (Lipinski definition) is 4. The Hall–Kier alpha value is -2.21. The Kier molecular flexibility index (Phi) is 4.29. The van der Waals surface area contributed by atoms with Gasteiger partial charge in [0.1, 0.15) is 5.51 Å². The lowest BCUT2D eigenvalue weighted by molar-refractivity contribution is -0.128. The Morgan fingerprint density at radius 1 is 1.28 bits per heavy atom. The molecule has 1 fully saturated rings. The van der Waals surface area contributed by atoms with Crippen molar-refractivity contribution in [2.45, 2.75) is 39.7 Å². The summed E-state index contributed by atoms with van der Waals surface area (Å²) in [6.07, 6.45) is 2.92. The third kappa shape index (κ3) is 3.06. The molecule has 3 heterocycles. The van der Waals surface area contributed by atoms with Crippen LogP contribution in [-0.2, 0) is 11.3 Å². The molecule has 0 bridgehead atoms. The number of fused-ring (bicyclic) bond motifs is 1. The first-order valence-corrected chi connectivity index (χ1v) is 9.69. The topological polar surface area (TPSA) is 50.5 Å². The van der Waals surface area contributed by atoms with Crippen LogP contribution < -0.4 is 0 Å². The smallest absolute Gasteiger partial charge is 0.223 e. The third-order valence-electron chi connectivity index (χ3n) is 4.87. The van der Waals surface area contributed by atoms with Gasteiger partial charge in [0, 0.05) is 18.5 Å². The van der Waals surface area contributed by atoms with Gasteiger partial charge in [0.15, 0.2) is 0 Å². The molecule has 5 nitrogen and oxygen atoms in total. The highest BCUT2D eigenvalue weighted by molar-refractivity contribution is 7.14. The van der Waals surface area contributed by atoms with Gasteiger partial charge in [-0.2, -0.15) is 5.10 Å². The first-order chi connectivity index (χ1) is 12.2. The van der Waals surface area contributed by atoms with Crippen molar-refractivity contribution in [3.05, 3.63) is 41.0 Å². The number of benzene rings is 1. The summed E-state index contributed by atoms with van der Waals surface area (Å²) in [6, 6.07) is 8.41. The fourth-order valence-electron chi connectivity index (χ4n) is 3.63. The minimum atomic E-state index is 0.248. The van der Waals surface area contributed by atoms with Crippen molar-refractivity contribution in [3.8, 4) is 11.3 Å². The van der Waals surface area contributed by atoms with Crippen LogP contribution in [0.3, 0.4) is 0 Å². The minimum absolute atomic E-state index is 0.248. The van der Waals surface area contributed by atoms with Gasteiger partial charge in [0.25, 0.3) is 0 Å². The van der Waals surface area contributed by atoms with E-state index in [2.05, 4.69) is 43.2 Å². The molecule has 130 valence electrons. The molecule has 1 saturated heterocycles. The van der Waals surface area contributed by atoms with Gasteiger partial charge in [-0.05, 0) is 19.3 Å². The lowest BCUT2D eigenvalue weighted by Gasteiger charge is -2.16. The van der Waals surface area contributed by atoms with E-state index in [1.165, 1.54) is 16.9 Å². The summed E-state index contributed by atoms with van der Waals surface area (Å²) in [5.41, 5.74) is 6.07. The second kappa shape index (κ2) is 6.59. The maximum Gasteiger partial charge on any atom is 0.223 e. The van der Waals surface area contributed by atoms with Crippen molar-refractivity contribution in [1.82, 2.24) is 19.5 Å². The molecule has 25 heavy (non-hydrogen) atoms. The predicted octanol–water partition coefficient (Wildman–Crippen LogP) is 3.91. The van der Waals surface area contributed by atoms with Gasteiger partial charge in [0.05, 0.1) is 17.9 Å². The summed E-state index contributed by atoms with van der Waals surface area (Å²) < 4.78 is 1.90. The molecule has 1 aromatic carbocycles. The zero-order valence-corrected chi connectivity index (χ0v) is 15.4. The van der Waals surface area contributed by atoms with Crippen LogP contribution in [0.15, 0.2) is 29.8 Å². The summed E-state index contributed by atoms with van der Waals surface area (Å²) in [5, 5.41) is 4.45. The highest BCUT2D eigenvalue weighted by Gasteiger charge is 2.30. The number of likely N-dealkylation sites (tertiary alicyclic amines) is 1. The van der Waals surface area contributed by atoms with Crippen LogP contribution >= 0.6 is 11.3 Å². The first kappa shape index (κ1) is 16.3. The number of rotatable bonds is 5. The van der Waals surface area contributed by atoms with E-state index in [4.69, 9.17) is 4.98 Å². The third-order valence-corrected chi connectivity index (χ3v) is 5.55. The maximum atomic E-state index is 12.4. The van der Waals surface area contributed by atoms with Crippen molar-refractivity contribution >= 4 is 22.2 Å². The maximum absolute atomic E-state index is 12.4. The monoisotopic (exact) mass is 354 g/mol. The van der Waals surface area contributed by atoms with Crippen molar-refractivity contribution in [3.63, 3.8) is 0 Å². The number of aryl methyl sites for hydroxylation is 1. The minimum Gasteiger partial charge on any atom is -0.336 e. The molecule has 1 aliphatic heterocycles. The number of hydrogen-bond donors (Lipinski definition) is 0. The number of amides is 1. The number of nitrogens with zero attached hydrogens (tertiary/aromatic N) is 4. The van der Waals surface area contributed by atoms with E-state index in [-0.39, 0.29) is 5.91 Å². The van der Waals surface area contributed by atoms with Crippen LogP contribution in [0.25, 0.3) is 16.2 Å². The van der Waals surface area contributed by atoms with Crippen molar-refractivity contribution in [2.24, 2.45) is 5.92 Å². The summed E-state index contributed by atoms with van der Waals surface area (Å²) in [4.78, 5) is 20.0. The Balaban J connectivity index is 1.68. The van der Waals surface area contributed by atoms with Gasteiger partial charge in [-0.15, -0.1) is 0 Å². The molecule has 6 heteroatoms. The number of carbonyl (C=O) groups excluding carboxylic acids is 1. The highest BCUT2D eigenvalue weighted by Crippen LogP contribution is 2.30. The molecule has 1 atom stereocenters. The standard InChI is InChI=1S/C19H22N4OS/c1-3-4-14-9-17(24)22(10-14)11-16-18(15-7-5-13(2)6-8-15)23-19(21-16)25-12-20-23/h5-8,12,14H,3-4,9-11H2,1-2H3. The van der Waals surface area contributed by atoms with E-state index in [0.717, 1.165) is 41.3 Å². The van der Waals surface area contributed by atoms with Crippen LogP contribution in [0, 0.1) is 12.8 Å². The van der Waals surface area contributed by atoms with Gasteiger partial charge in [0.2, 0.25) is 10.9 Å². The molecule has 1 amide bonds. The quantitative estimate of drug-likeness (QED) is 0.698. The molecule has 1 unspecified atom stereocenters. The summed E-state index contributed by atoms with van der Waals surface area (Å²) in [5.74, 6) is 0.736. The van der Waals surface area contributed by atoms with Gasteiger partial charge in [-0.25, -0.2) is 9.50 Å². The first-order valence-electron chi connectivity index (χ1n) is 8.81. The highest BCUT2D eigenvalue weighted by atomic mass is 32.1. The average molecular weight is 354 g/mol. The fourth-order valence-corrected chi connectivity index (χ4v) is 4.27. The van der Waals surface area contributed by atoms with E-state index in [0.29, 0.717) is 18.9 Å². The van der Waals surface area contributed by atoms with E-state index >= 15 is 0 Å². The largest absolute Gasteiger partial charge is 0.336 e. The van der Waals surface area contributed by atoms with Crippen LogP contribution in [0.4, 0.5) is 0 Å². The molecule has 3 aromatic rings. The Morgan fingerprint density at radius 3 is 2.84 bits per heavy atom. The second-order valence-electron chi connectivity index (χ2n) is 6.84. The Morgan fingerprint density at radius 2 is 2.08 bits per heavy atom. The van der Waals surface area contributed by atoms with E-state index in [9.17, 15) is 4.79 Å². The number of aromatic nitrogens is 3. The van der Waals surface area contributed by atoms with Gasteiger partial charge in [-0.3, -0.25) is 4.79 Å². The summed E-state index contributed by atoms with van der Waals surface area (Å²) in [7, 11) is 0. The van der Waals surface area contributed by atoms with Gasteiger partial charge < -0.3 is 4.90 Å². The lowest BCUT2D eigenvalue weighted by atomic mass is 10.0. The molecule has 0 radical (unpaired) electrons. The predicted molar refractivity (Wildman–Crippen MR) is 99.5 cm³/mol. The van der Waals surface area contributed by atoms with Crippen molar-refractivity contribution < 1.29 is 4.79 Å². The summed E-state index contributed by atoms with van der Waals surface area (Å²) in [6.45, 7) is 5.67. The number of carbonyl (C=O) groups is 1. The van der Waals surface area contributed by atoms with Crippen molar-refractivity contribution in [2.75, 3.05) is 6.54 Å². The SMILES string of the molecule is CCCC1CC(=O)N(Cc2nc3scnn3c2-c2ccc(C)cc2)C1. The molecule has 1 aliphatic rings. The Bertz CT molecular complexity index is 896. The molecular formula is C19H22N4OS. The van der Waals surface area contributed by atoms with Gasteiger partial charge in [-0.1, -0.05) is 54.5 Å². The lowest BCUT2D eigenvalue weighted by Crippen LogP contribution is -2.25. The van der Waals surface area contributed by atoms with Crippen LogP contribution in [0.1, 0.15) is 37.4 Å². The van der Waals surface area contributed by atoms with Crippen LogP contribution in [0.5, 0.6) is 0 Å². The molecule has 0 spiro atoms. The Labute approximate surface area is 151 Å². The van der Waals surface area contributed by atoms with E-state index < -0.39 is 0 Å². The molecule has 4 rings (SSSR count).